The summed E-state index contributed by atoms with van der Waals surface area (Å²) < 4.78 is 1.91. The average Bonchev–Trinajstić information content (AvgIpc) is 3.11. The van der Waals surface area contributed by atoms with Gasteiger partial charge < -0.3 is 15.1 Å². The van der Waals surface area contributed by atoms with E-state index in [1.54, 1.807) is 19.0 Å². The number of urea groups is 1. The molecule has 0 aliphatic carbocycles. The molecule has 1 aliphatic heterocycles. The predicted octanol–water partition coefficient (Wildman–Crippen LogP) is 2.62. The molecule has 1 N–H and O–H groups in total. The van der Waals surface area contributed by atoms with Gasteiger partial charge in [0.25, 0.3) is 0 Å². The Morgan fingerprint density at radius 2 is 1.86 bits per heavy atom. The Labute approximate surface area is 172 Å². The van der Waals surface area contributed by atoms with Crippen molar-refractivity contribution in [2.24, 2.45) is 5.92 Å². The summed E-state index contributed by atoms with van der Waals surface area (Å²) in [5.74, 6) is 0.113. The van der Waals surface area contributed by atoms with Gasteiger partial charge in [0.2, 0.25) is 5.91 Å². The van der Waals surface area contributed by atoms with Crippen molar-refractivity contribution in [1.82, 2.24) is 24.9 Å². The van der Waals surface area contributed by atoms with Gasteiger partial charge in [-0.15, -0.1) is 0 Å². The first-order valence-corrected chi connectivity index (χ1v) is 10.3. The van der Waals surface area contributed by atoms with E-state index in [2.05, 4.69) is 16.6 Å². The highest BCUT2D eigenvalue weighted by atomic mass is 16.2. The first-order valence-electron chi connectivity index (χ1n) is 10.3. The molecule has 0 unspecified atom stereocenters. The van der Waals surface area contributed by atoms with Crippen LogP contribution in [0.1, 0.15) is 30.5 Å². The lowest BCUT2D eigenvalue weighted by atomic mass is 9.96. The molecule has 1 aromatic heterocycles. The highest BCUT2D eigenvalue weighted by Gasteiger charge is 2.27. The quantitative estimate of drug-likeness (QED) is 0.762. The fourth-order valence-corrected chi connectivity index (χ4v) is 3.70. The van der Waals surface area contributed by atoms with E-state index in [4.69, 9.17) is 0 Å². The lowest BCUT2D eigenvalue weighted by Gasteiger charge is -2.33. The Balaban J connectivity index is 1.40. The molecule has 3 rings (SSSR count). The van der Waals surface area contributed by atoms with E-state index >= 15 is 0 Å². The van der Waals surface area contributed by atoms with Crippen LogP contribution in [0.15, 0.2) is 36.5 Å². The molecule has 2 aromatic rings. The fourth-order valence-electron chi connectivity index (χ4n) is 3.70. The van der Waals surface area contributed by atoms with Gasteiger partial charge in [0.05, 0.1) is 11.4 Å². The average molecular weight is 398 g/mol. The van der Waals surface area contributed by atoms with Gasteiger partial charge in [0, 0.05) is 45.8 Å². The van der Waals surface area contributed by atoms with E-state index in [0.29, 0.717) is 19.6 Å². The zero-order chi connectivity index (χ0) is 20.8. The van der Waals surface area contributed by atoms with Gasteiger partial charge >= 0.3 is 6.03 Å². The van der Waals surface area contributed by atoms with Gasteiger partial charge in [-0.1, -0.05) is 18.2 Å². The summed E-state index contributed by atoms with van der Waals surface area (Å²) in [4.78, 5) is 27.8. The molecule has 1 aromatic carbocycles. The third-order valence-corrected chi connectivity index (χ3v) is 5.46. The van der Waals surface area contributed by atoms with E-state index in [1.165, 1.54) is 5.56 Å². The van der Waals surface area contributed by atoms with Gasteiger partial charge in [-0.2, -0.15) is 5.10 Å². The number of hydrogen-bond acceptors (Lipinski definition) is 3. The minimum atomic E-state index is 0.00350. The van der Waals surface area contributed by atoms with Crippen molar-refractivity contribution in [3.05, 3.63) is 47.8 Å². The normalized spacial score (nSPS) is 14.7. The lowest BCUT2D eigenvalue weighted by molar-refractivity contribution is -0.126. The van der Waals surface area contributed by atoms with Crippen molar-refractivity contribution in [2.75, 3.05) is 33.7 Å². The molecule has 0 spiro atoms. The maximum absolute atomic E-state index is 12.4. The number of piperidine rings is 1. The molecule has 0 saturated carbocycles. The van der Waals surface area contributed by atoms with Gasteiger partial charge in [-0.25, -0.2) is 9.48 Å². The number of hydrogen-bond donors (Lipinski definition) is 1. The van der Waals surface area contributed by atoms with E-state index < -0.39 is 0 Å². The third-order valence-electron chi connectivity index (χ3n) is 5.46. The monoisotopic (exact) mass is 397 g/mol. The predicted molar refractivity (Wildman–Crippen MR) is 113 cm³/mol. The number of para-hydroxylation sites is 1. The molecule has 1 saturated heterocycles. The van der Waals surface area contributed by atoms with E-state index in [0.717, 1.165) is 37.1 Å². The standard InChI is InChI=1S/C22H31N5O2/c1-17-19(16-27(24-17)20-9-5-4-6-10-20)8-7-13-23-21(28)18-11-14-26(15-12-18)22(29)25(2)3/h4-6,9-10,16,18H,7-8,11-15H2,1-3H3,(H,23,28). The van der Waals surface area contributed by atoms with Crippen LogP contribution in [0.5, 0.6) is 0 Å². The summed E-state index contributed by atoms with van der Waals surface area (Å²) >= 11 is 0. The van der Waals surface area contributed by atoms with Crippen LogP contribution in [0.4, 0.5) is 4.79 Å². The third kappa shape index (κ3) is 5.37. The highest BCUT2D eigenvalue weighted by Crippen LogP contribution is 2.18. The maximum atomic E-state index is 12.4. The van der Waals surface area contributed by atoms with Gasteiger partial charge in [-0.3, -0.25) is 4.79 Å². The second kappa shape index (κ2) is 9.58. The summed E-state index contributed by atoms with van der Waals surface area (Å²) in [7, 11) is 3.51. The molecule has 0 radical (unpaired) electrons. The number of aryl methyl sites for hydroxylation is 2. The van der Waals surface area contributed by atoms with Gasteiger partial charge in [-0.05, 0) is 50.3 Å². The molecule has 7 nitrogen and oxygen atoms in total. The second-order valence-corrected chi connectivity index (χ2v) is 7.85. The van der Waals surface area contributed by atoms with Crippen LogP contribution in [0.2, 0.25) is 0 Å². The largest absolute Gasteiger partial charge is 0.356 e. The van der Waals surface area contributed by atoms with Crippen molar-refractivity contribution in [3.8, 4) is 5.69 Å². The first-order chi connectivity index (χ1) is 14.0. The van der Waals surface area contributed by atoms with Crippen molar-refractivity contribution >= 4 is 11.9 Å². The number of carbonyl (C=O) groups excluding carboxylic acids is 2. The number of likely N-dealkylation sites (tertiary alicyclic amines) is 1. The zero-order valence-electron chi connectivity index (χ0n) is 17.6. The summed E-state index contributed by atoms with van der Waals surface area (Å²) in [5.41, 5.74) is 3.28. The topological polar surface area (TPSA) is 70.5 Å². The second-order valence-electron chi connectivity index (χ2n) is 7.85. The molecule has 29 heavy (non-hydrogen) atoms. The summed E-state index contributed by atoms with van der Waals surface area (Å²) in [5, 5.41) is 7.66. The van der Waals surface area contributed by atoms with Crippen LogP contribution in [-0.2, 0) is 11.2 Å². The number of nitrogens with one attached hydrogen (secondary N) is 1. The summed E-state index contributed by atoms with van der Waals surface area (Å²) in [6.45, 7) is 3.97. The van der Waals surface area contributed by atoms with Crippen molar-refractivity contribution in [1.29, 1.82) is 0 Å². The van der Waals surface area contributed by atoms with Gasteiger partial charge in [0.1, 0.15) is 0 Å². The molecule has 156 valence electrons. The van der Waals surface area contributed by atoms with Crippen LogP contribution in [-0.4, -0.2) is 65.2 Å². The van der Waals surface area contributed by atoms with E-state index in [-0.39, 0.29) is 17.9 Å². The van der Waals surface area contributed by atoms with Crippen LogP contribution in [0.3, 0.4) is 0 Å². The molecular formula is C22H31N5O2. The Morgan fingerprint density at radius 1 is 1.17 bits per heavy atom. The first kappa shape index (κ1) is 20.9. The molecule has 7 heteroatoms. The van der Waals surface area contributed by atoms with E-state index in [9.17, 15) is 9.59 Å². The summed E-state index contributed by atoms with van der Waals surface area (Å²) in [6.07, 6.45) is 5.30. The molecule has 3 amide bonds. The van der Waals surface area contributed by atoms with E-state index in [1.807, 2.05) is 46.8 Å². The molecular weight excluding hydrogens is 366 g/mol. The SMILES string of the molecule is Cc1nn(-c2ccccc2)cc1CCCNC(=O)C1CCN(C(=O)N(C)C)CC1. The number of aromatic nitrogens is 2. The van der Waals surface area contributed by atoms with Crippen LogP contribution in [0.25, 0.3) is 5.69 Å². The fraction of sp³-hybridized carbons (Fsp3) is 0.500. The van der Waals surface area contributed by atoms with Crippen LogP contribution in [0, 0.1) is 12.8 Å². The highest BCUT2D eigenvalue weighted by molar-refractivity contribution is 5.79. The molecule has 1 fully saturated rings. The Bertz CT molecular complexity index is 823. The number of amides is 3. The zero-order valence-corrected chi connectivity index (χ0v) is 17.6. The smallest absolute Gasteiger partial charge is 0.319 e. The van der Waals surface area contributed by atoms with Crippen LogP contribution < -0.4 is 5.32 Å². The minimum Gasteiger partial charge on any atom is -0.356 e. The molecule has 2 heterocycles. The number of nitrogens with zero attached hydrogens (tertiary/aromatic N) is 4. The summed E-state index contributed by atoms with van der Waals surface area (Å²) in [6, 6.07) is 10.1. The molecule has 1 aliphatic rings. The number of carbonyl (C=O) groups is 2. The Kier molecular flexibility index (Phi) is 6.90. The van der Waals surface area contributed by atoms with Crippen molar-refractivity contribution in [2.45, 2.75) is 32.6 Å². The van der Waals surface area contributed by atoms with Crippen molar-refractivity contribution < 1.29 is 9.59 Å². The van der Waals surface area contributed by atoms with Crippen LogP contribution >= 0.6 is 0 Å². The molecule has 0 bridgehead atoms. The lowest BCUT2D eigenvalue weighted by Crippen LogP contribution is -2.46. The number of benzene rings is 1. The minimum absolute atomic E-state index is 0.00350. The Hall–Kier alpha value is -2.83. The number of rotatable bonds is 6. The van der Waals surface area contributed by atoms with Crippen molar-refractivity contribution in [3.63, 3.8) is 0 Å². The Morgan fingerprint density at radius 3 is 2.52 bits per heavy atom. The molecule has 0 atom stereocenters. The maximum Gasteiger partial charge on any atom is 0.319 e. The van der Waals surface area contributed by atoms with Gasteiger partial charge in [0.15, 0.2) is 0 Å².